The number of hydrogen-bond donors (Lipinski definition) is 0. The van der Waals surface area contributed by atoms with Gasteiger partial charge in [-0.1, -0.05) is 30.9 Å². The van der Waals surface area contributed by atoms with Crippen LogP contribution < -0.4 is 0 Å². The van der Waals surface area contributed by atoms with Crippen molar-refractivity contribution in [3.05, 3.63) is 22.4 Å². The van der Waals surface area contributed by atoms with Crippen LogP contribution in [0.25, 0.3) is 10.2 Å². The van der Waals surface area contributed by atoms with Crippen LogP contribution in [0.5, 0.6) is 0 Å². The minimum atomic E-state index is 0.601. The monoisotopic (exact) mass is 321 g/mol. The van der Waals surface area contributed by atoms with Gasteiger partial charge in [-0.15, -0.1) is 11.3 Å². The number of thiophene rings is 1. The van der Waals surface area contributed by atoms with Crippen LogP contribution in [0.4, 0.5) is 0 Å². The molecular weight excluding hydrogens is 302 g/mol. The highest BCUT2D eigenvalue weighted by Crippen LogP contribution is 2.36. The van der Waals surface area contributed by atoms with E-state index in [4.69, 9.17) is 11.6 Å². The Morgan fingerprint density at radius 3 is 2.95 bits per heavy atom. The third kappa shape index (κ3) is 2.81. The molecule has 2 aromatic rings. The van der Waals surface area contributed by atoms with Crippen molar-refractivity contribution in [1.29, 1.82) is 0 Å². The smallest absolute Gasteiger partial charge is 0.145 e. The van der Waals surface area contributed by atoms with Gasteiger partial charge in [0, 0.05) is 11.9 Å². The Hall–Kier alpha value is -0.710. The van der Waals surface area contributed by atoms with Crippen molar-refractivity contribution in [2.45, 2.75) is 38.6 Å². The van der Waals surface area contributed by atoms with Crippen LogP contribution in [0.3, 0.4) is 0 Å². The highest BCUT2D eigenvalue weighted by atomic mass is 35.5. The molecule has 2 aliphatic rings. The fourth-order valence-corrected chi connectivity index (χ4v) is 5.04. The molecule has 1 saturated carbocycles. The maximum Gasteiger partial charge on any atom is 0.145 e. The molecule has 3 nitrogen and oxygen atoms in total. The first-order valence-corrected chi connectivity index (χ1v) is 9.17. The number of halogens is 1. The summed E-state index contributed by atoms with van der Waals surface area (Å²) in [6.45, 7) is 3.25. The van der Waals surface area contributed by atoms with Gasteiger partial charge in [-0.2, -0.15) is 0 Å². The van der Waals surface area contributed by atoms with Crippen molar-refractivity contribution in [3.8, 4) is 0 Å². The van der Waals surface area contributed by atoms with Crippen LogP contribution in [0, 0.1) is 11.8 Å². The molecule has 2 fully saturated rings. The van der Waals surface area contributed by atoms with Crippen molar-refractivity contribution in [2.24, 2.45) is 11.8 Å². The summed E-state index contributed by atoms with van der Waals surface area (Å²) in [4.78, 5) is 12.7. The Bertz CT molecular complexity index is 641. The fraction of sp³-hybridized carbons (Fsp3) is 0.625. The topological polar surface area (TPSA) is 29.0 Å². The van der Waals surface area contributed by atoms with Crippen LogP contribution >= 0.6 is 22.9 Å². The number of fused-ring (bicyclic) bond motifs is 2. The zero-order valence-corrected chi connectivity index (χ0v) is 13.7. The quantitative estimate of drug-likeness (QED) is 0.770. The number of piperidine rings is 1. The second kappa shape index (κ2) is 5.82. The molecular formula is C16H20ClN3S. The lowest BCUT2D eigenvalue weighted by atomic mass is 9.75. The van der Waals surface area contributed by atoms with Gasteiger partial charge in [-0.25, -0.2) is 9.97 Å². The highest BCUT2D eigenvalue weighted by molar-refractivity contribution is 7.16. The van der Waals surface area contributed by atoms with E-state index in [1.165, 1.54) is 45.2 Å². The summed E-state index contributed by atoms with van der Waals surface area (Å²) in [6, 6.07) is 2.00. The second-order valence-corrected chi connectivity index (χ2v) is 7.65. The Labute approximate surface area is 134 Å². The largest absolute Gasteiger partial charge is 0.296 e. The van der Waals surface area contributed by atoms with Crippen LogP contribution in [0.15, 0.2) is 11.4 Å². The zero-order valence-electron chi connectivity index (χ0n) is 12.1. The third-order valence-electron chi connectivity index (χ3n) is 5.07. The molecule has 0 spiro atoms. The first kappa shape index (κ1) is 13.9. The Kier molecular flexibility index (Phi) is 3.86. The maximum absolute atomic E-state index is 6.27. The third-order valence-corrected chi connectivity index (χ3v) is 6.16. The summed E-state index contributed by atoms with van der Waals surface area (Å²) in [5.41, 5.74) is 0. The van der Waals surface area contributed by atoms with Crippen molar-refractivity contribution in [3.63, 3.8) is 0 Å². The lowest BCUT2D eigenvalue weighted by molar-refractivity contribution is 0.0804. The molecule has 0 bridgehead atoms. The van der Waals surface area contributed by atoms with Gasteiger partial charge in [0.05, 0.1) is 6.54 Å². The second-order valence-electron chi connectivity index (χ2n) is 6.40. The molecule has 2 aromatic heterocycles. The Balaban J connectivity index is 1.49. The van der Waals surface area contributed by atoms with Gasteiger partial charge in [0.1, 0.15) is 15.8 Å². The number of rotatable bonds is 2. The molecule has 2 unspecified atom stereocenters. The molecule has 112 valence electrons. The minimum absolute atomic E-state index is 0.601. The van der Waals surface area contributed by atoms with E-state index >= 15 is 0 Å². The molecule has 1 aliphatic carbocycles. The normalized spacial score (nSPS) is 26.9. The van der Waals surface area contributed by atoms with Gasteiger partial charge in [-0.05, 0) is 42.7 Å². The molecule has 2 atom stereocenters. The average molecular weight is 322 g/mol. The lowest BCUT2D eigenvalue weighted by Crippen LogP contribution is -2.41. The SMILES string of the molecule is Clc1nc(CN2CCC3CCCCC3C2)nc2sccc12. The summed E-state index contributed by atoms with van der Waals surface area (Å²) < 4.78 is 0. The van der Waals surface area contributed by atoms with E-state index in [-0.39, 0.29) is 0 Å². The van der Waals surface area contributed by atoms with Crippen LogP contribution in [0.2, 0.25) is 5.15 Å². The first-order valence-electron chi connectivity index (χ1n) is 7.91. The summed E-state index contributed by atoms with van der Waals surface area (Å²) >= 11 is 7.91. The molecule has 1 saturated heterocycles. The molecule has 5 heteroatoms. The van der Waals surface area contributed by atoms with Gasteiger partial charge in [-0.3, -0.25) is 4.90 Å². The first-order chi connectivity index (χ1) is 10.3. The van der Waals surface area contributed by atoms with Crippen molar-refractivity contribution < 1.29 is 0 Å². The average Bonchev–Trinajstić information content (AvgIpc) is 2.96. The number of likely N-dealkylation sites (tertiary alicyclic amines) is 1. The molecule has 21 heavy (non-hydrogen) atoms. The van der Waals surface area contributed by atoms with Crippen molar-refractivity contribution >= 4 is 33.2 Å². The zero-order chi connectivity index (χ0) is 14.2. The van der Waals surface area contributed by atoms with Gasteiger partial charge < -0.3 is 0 Å². The number of aromatic nitrogens is 2. The van der Waals surface area contributed by atoms with Crippen LogP contribution in [-0.4, -0.2) is 28.0 Å². The lowest BCUT2D eigenvalue weighted by Gasteiger charge is -2.41. The fourth-order valence-electron chi connectivity index (χ4n) is 3.95. The van der Waals surface area contributed by atoms with E-state index in [0.717, 1.165) is 34.4 Å². The van der Waals surface area contributed by atoms with E-state index in [1.807, 2.05) is 11.4 Å². The van der Waals surface area contributed by atoms with E-state index < -0.39 is 0 Å². The van der Waals surface area contributed by atoms with Gasteiger partial charge >= 0.3 is 0 Å². The minimum Gasteiger partial charge on any atom is -0.296 e. The van der Waals surface area contributed by atoms with E-state index in [0.29, 0.717) is 5.15 Å². The Morgan fingerprint density at radius 1 is 1.19 bits per heavy atom. The molecule has 0 N–H and O–H groups in total. The predicted octanol–water partition coefficient (Wildman–Crippen LogP) is 4.36. The Morgan fingerprint density at radius 2 is 2.05 bits per heavy atom. The predicted molar refractivity (Wildman–Crippen MR) is 87.8 cm³/mol. The van der Waals surface area contributed by atoms with E-state index in [2.05, 4.69) is 14.9 Å². The molecule has 3 heterocycles. The van der Waals surface area contributed by atoms with Gasteiger partial charge in [0.25, 0.3) is 0 Å². The number of hydrogen-bond acceptors (Lipinski definition) is 4. The molecule has 0 radical (unpaired) electrons. The summed E-state index contributed by atoms with van der Waals surface area (Å²) in [5.74, 6) is 2.75. The molecule has 0 aromatic carbocycles. The molecule has 4 rings (SSSR count). The van der Waals surface area contributed by atoms with Gasteiger partial charge in [0.15, 0.2) is 0 Å². The summed E-state index contributed by atoms with van der Waals surface area (Å²) in [7, 11) is 0. The van der Waals surface area contributed by atoms with Gasteiger partial charge in [0.2, 0.25) is 0 Å². The summed E-state index contributed by atoms with van der Waals surface area (Å²) in [6.07, 6.45) is 7.06. The standard InChI is InChI=1S/C16H20ClN3S/c17-15-13-6-8-21-16(13)19-14(18-15)10-20-7-5-11-3-1-2-4-12(11)9-20/h6,8,11-12H,1-5,7,9-10H2. The van der Waals surface area contributed by atoms with Crippen molar-refractivity contribution in [1.82, 2.24) is 14.9 Å². The van der Waals surface area contributed by atoms with Crippen LogP contribution in [-0.2, 0) is 6.54 Å². The molecule has 0 amide bonds. The van der Waals surface area contributed by atoms with E-state index in [9.17, 15) is 0 Å². The number of nitrogens with zero attached hydrogens (tertiary/aromatic N) is 3. The maximum atomic E-state index is 6.27. The van der Waals surface area contributed by atoms with Crippen LogP contribution in [0.1, 0.15) is 37.9 Å². The summed E-state index contributed by atoms with van der Waals surface area (Å²) in [5, 5.41) is 3.61. The highest BCUT2D eigenvalue weighted by Gasteiger charge is 2.31. The molecule has 1 aliphatic heterocycles. The van der Waals surface area contributed by atoms with Crippen molar-refractivity contribution in [2.75, 3.05) is 13.1 Å². The van der Waals surface area contributed by atoms with E-state index in [1.54, 1.807) is 11.3 Å².